The zero-order chi connectivity index (χ0) is 27.3. The number of ether oxygens (including phenoxy) is 1. The van der Waals surface area contributed by atoms with Crippen LogP contribution in [0.1, 0.15) is 12.7 Å². The third-order valence-corrected chi connectivity index (χ3v) is 6.51. The average molecular weight is 582 g/mol. The summed E-state index contributed by atoms with van der Waals surface area (Å²) in [6, 6.07) is 1.87. The molecule has 2 heterocycles. The molecule has 0 spiro atoms. The van der Waals surface area contributed by atoms with Crippen LogP contribution >= 0.6 is 11.3 Å². The first-order chi connectivity index (χ1) is 17.5. The Hall–Kier alpha value is -3.20. The number of β-lactam (4-membered cyclic amide) rings is 1. The monoisotopic (exact) mass is 581 g/mol. The van der Waals surface area contributed by atoms with Gasteiger partial charge in [-0.15, -0.1) is 11.3 Å². The van der Waals surface area contributed by atoms with E-state index in [9.17, 15) is 37.5 Å². The van der Waals surface area contributed by atoms with Crippen LogP contribution in [-0.2, 0) is 40.9 Å². The summed E-state index contributed by atoms with van der Waals surface area (Å²) in [6.45, 7) is -0.303. The van der Waals surface area contributed by atoms with Crippen molar-refractivity contribution in [3.05, 3.63) is 51.0 Å². The SMILES string of the molecule is CO/N=C(\C(=O)NC1C(=O)N(S(=O)(=O)O)C1C(NC=O)OCc1ccc([N+](=O)[O-])cc1)c1csc(N)n1.[H-].[Na+]. The molecule has 0 saturated carbocycles. The first-order valence-corrected chi connectivity index (χ1v) is 12.2. The summed E-state index contributed by atoms with van der Waals surface area (Å²) in [6.07, 6.45) is -1.41. The number of aromatic nitrogens is 1. The quantitative estimate of drug-likeness (QED) is 0.0273. The fraction of sp³-hybridized carbons (Fsp3) is 0.278. The average Bonchev–Trinajstić information content (AvgIpc) is 3.27. The van der Waals surface area contributed by atoms with Crippen molar-refractivity contribution in [2.24, 2.45) is 5.16 Å². The molecule has 2 aromatic rings. The van der Waals surface area contributed by atoms with E-state index in [1.165, 1.54) is 29.6 Å². The van der Waals surface area contributed by atoms with E-state index in [4.69, 9.17) is 10.5 Å². The van der Waals surface area contributed by atoms with E-state index in [1.807, 2.05) is 0 Å². The summed E-state index contributed by atoms with van der Waals surface area (Å²) in [7, 11) is -3.99. The number of anilines is 1. The van der Waals surface area contributed by atoms with Crippen molar-refractivity contribution in [1.29, 1.82) is 0 Å². The molecule has 3 rings (SSSR count). The number of non-ortho nitro benzene ring substituents is 1. The Bertz CT molecular complexity index is 1340. The standard InChI is InChI=1S/C18H19N7O10S2.Na.H/c1-34-23-12(11-7-36-18(19)21-11)15(27)22-13-14(24(17(13)28)37(31,32)33)16(20-8-26)35-6-9-2-4-10(5-3-9)25(29)30;;/h2-5,7-8,13-14,16H,6H2,1H3,(H2,19,21)(H,20,26)(H,22,27)(H,31,32,33);;/q;+1;-1/b23-12-;;. The number of carbonyl (C=O) groups is 3. The van der Waals surface area contributed by atoms with E-state index in [0.717, 1.165) is 18.4 Å². The number of rotatable bonds is 12. The summed E-state index contributed by atoms with van der Waals surface area (Å²) in [4.78, 5) is 55.4. The van der Waals surface area contributed by atoms with Crippen LogP contribution in [-0.4, -0.2) is 76.5 Å². The first kappa shape index (κ1) is 31.0. The number of carbonyl (C=O) groups excluding carboxylic acids is 3. The Kier molecular flexibility index (Phi) is 10.6. The van der Waals surface area contributed by atoms with E-state index >= 15 is 0 Å². The minimum Gasteiger partial charge on any atom is -1.00 e. The van der Waals surface area contributed by atoms with Crippen LogP contribution in [0.4, 0.5) is 10.8 Å². The second kappa shape index (κ2) is 13.0. The molecule has 1 aromatic heterocycles. The van der Waals surface area contributed by atoms with Gasteiger partial charge in [-0.05, 0) is 17.7 Å². The maximum Gasteiger partial charge on any atom is 1.00 e. The van der Waals surface area contributed by atoms with Crippen molar-refractivity contribution in [3.8, 4) is 0 Å². The molecule has 0 radical (unpaired) electrons. The van der Waals surface area contributed by atoms with Gasteiger partial charge in [0.1, 0.15) is 24.9 Å². The summed E-state index contributed by atoms with van der Waals surface area (Å²) in [5.41, 5.74) is 5.39. The number of thiazole rings is 1. The number of amides is 3. The number of hydrogen-bond acceptors (Lipinski definition) is 13. The number of nitro benzene ring substituents is 1. The molecule has 1 fully saturated rings. The summed E-state index contributed by atoms with van der Waals surface area (Å²) in [5, 5.41) is 20.3. The minimum atomic E-state index is -5.13. The second-order valence-electron chi connectivity index (χ2n) is 7.19. The molecule has 0 bridgehead atoms. The van der Waals surface area contributed by atoms with Gasteiger partial charge in [0.15, 0.2) is 17.1 Å². The van der Waals surface area contributed by atoms with Crippen molar-refractivity contribution in [2.75, 3.05) is 12.8 Å². The van der Waals surface area contributed by atoms with E-state index in [-0.39, 0.29) is 70.5 Å². The fourth-order valence-electron chi connectivity index (χ4n) is 3.31. The van der Waals surface area contributed by atoms with Gasteiger partial charge < -0.3 is 27.4 Å². The molecule has 20 heteroatoms. The second-order valence-corrected chi connectivity index (χ2v) is 9.37. The van der Waals surface area contributed by atoms with E-state index in [2.05, 4.69) is 25.6 Å². The molecule has 17 nitrogen and oxygen atoms in total. The predicted octanol–water partition coefficient (Wildman–Crippen LogP) is -4.11. The van der Waals surface area contributed by atoms with Crippen LogP contribution < -0.4 is 45.9 Å². The van der Waals surface area contributed by atoms with Gasteiger partial charge in [0, 0.05) is 17.5 Å². The van der Waals surface area contributed by atoms with Crippen molar-refractivity contribution < 1.29 is 72.8 Å². The molecule has 0 aliphatic carbocycles. The van der Waals surface area contributed by atoms with Crippen molar-refractivity contribution in [2.45, 2.75) is 24.9 Å². The Morgan fingerprint density at radius 1 is 1.45 bits per heavy atom. The Morgan fingerprint density at radius 3 is 2.61 bits per heavy atom. The third-order valence-electron chi connectivity index (χ3n) is 4.91. The number of nitrogen functional groups attached to an aromatic ring is 1. The number of nitrogens with zero attached hydrogens (tertiary/aromatic N) is 4. The smallest absolute Gasteiger partial charge is 1.00 e. The molecule has 200 valence electrons. The Morgan fingerprint density at radius 2 is 2.11 bits per heavy atom. The molecule has 1 aliphatic rings. The Balaban J connectivity index is 0.00000380. The van der Waals surface area contributed by atoms with Crippen LogP contribution in [0.2, 0.25) is 0 Å². The minimum absolute atomic E-state index is 0. The first-order valence-electron chi connectivity index (χ1n) is 9.96. The van der Waals surface area contributed by atoms with Crippen LogP contribution in [0.25, 0.3) is 0 Å². The molecule has 1 aromatic carbocycles. The van der Waals surface area contributed by atoms with Gasteiger partial charge in [-0.25, -0.2) is 9.29 Å². The molecule has 3 amide bonds. The normalized spacial score (nSPS) is 18.0. The molecular formula is C18H20N7NaO10S2. The topological polar surface area (TPSA) is 246 Å². The predicted molar refractivity (Wildman–Crippen MR) is 126 cm³/mol. The van der Waals surface area contributed by atoms with E-state index < -0.39 is 45.4 Å². The summed E-state index contributed by atoms with van der Waals surface area (Å²) < 4.78 is 38.8. The summed E-state index contributed by atoms with van der Waals surface area (Å²) >= 11 is 0.994. The molecule has 1 aliphatic heterocycles. The number of benzene rings is 1. The van der Waals surface area contributed by atoms with Gasteiger partial charge in [0.05, 0.1) is 11.5 Å². The van der Waals surface area contributed by atoms with Gasteiger partial charge in [-0.1, -0.05) is 5.16 Å². The van der Waals surface area contributed by atoms with Gasteiger partial charge in [-0.3, -0.25) is 29.1 Å². The largest absolute Gasteiger partial charge is 1.00 e. The van der Waals surface area contributed by atoms with E-state index in [0.29, 0.717) is 5.56 Å². The maximum atomic E-state index is 12.9. The molecular weight excluding hydrogens is 561 g/mol. The van der Waals surface area contributed by atoms with Gasteiger partial charge in [-0.2, -0.15) is 8.42 Å². The van der Waals surface area contributed by atoms with Crippen LogP contribution in [0, 0.1) is 10.1 Å². The number of oxime groups is 1. The molecule has 3 unspecified atom stereocenters. The van der Waals surface area contributed by atoms with Crippen LogP contribution in [0.5, 0.6) is 0 Å². The van der Waals surface area contributed by atoms with Gasteiger partial charge in [0.2, 0.25) is 6.41 Å². The van der Waals surface area contributed by atoms with Crippen LogP contribution in [0.3, 0.4) is 0 Å². The third kappa shape index (κ3) is 7.01. The fourth-order valence-corrected chi connectivity index (χ4v) is 4.74. The molecule has 38 heavy (non-hydrogen) atoms. The number of hydrogen-bond donors (Lipinski definition) is 4. The number of nitrogens with one attached hydrogen (secondary N) is 2. The zero-order valence-electron chi connectivity index (χ0n) is 20.7. The van der Waals surface area contributed by atoms with Gasteiger partial charge >= 0.3 is 39.9 Å². The number of nitrogens with two attached hydrogens (primary N) is 1. The molecule has 3 atom stereocenters. The van der Waals surface area contributed by atoms with Gasteiger partial charge in [0.25, 0.3) is 17.5 Å². The maximum absolute atomic E-state index is 12.9. The van der Waals surface area contributed by atoms with Crippen LogP contribution in [0.15, 0.2) is 34.8 Å². The van der Waals surface area contributed by atoms with Crippen molar-refractivity contribution in [1.82, 2.24) is 19.9 Å². The van der Waals surface area contributed by atoms with Crippen molar-refractivity contribution >= 4 is 56.4 Å². The zero-order valence-corrected chi connectivity index (χ0v) is 23.3. The summed E-state index contributed by atoms with van der Waals surface area (Å²) in [5.74, 6) is -2.24. The Labute approximate surface area is 242 Å². The molecule has 1 saturated heterocycles. The van der Waals surface area contributed by atoms with E-state index in [1.54, 1.807) is 0 Å². The van der Waals surface area contributed by atoms with Crippen molar-refractivity contribution in [3.63, 3.8) is 0 Å². The molecule has 5 N–H and O–H groups in total. The number of nitro groups is 1.